The number of hydrogen-bond donors (Lipinski definition) is 2. The Balaban J connectivity index is 2.62. The summed E-state index contributed by atoms with van der Waals surface area (Å²) in [6.45, 7) is 3.20. The maximum absolute atomic E-state index is 11.8. The molecule has 2 N–H and O–H groups in total. The summed E-state index contributed by atoms with van der Waals surface area (Å²) >= 11 is 0. The molecule has 0 amide bonds. The van der Waals surface area contributed by atoms with E-state index in [0.717, 1.165) is 10.1 Å². The molecule has 7 heteroatoms. The van der Waals surface area contributed by atoms with Crippen LogP contribution in [0.2, 0.25) is 0 Å². The first-order chi connectivity index (χ1) is 8.41. The number of hydrogen-bond acceptors (Lipinski definition) is 4. The molecule has 2 heterocycles. The normalized spacial score (nSPS) is 12.6. The van der Waals surface area contributed by atoms with Crippen molar-refractivity contribution in [1.82, 2.24) is 19.3 Å². The Hall–Kier alpha value is -2.31. The first kappa shape index (κ1) is 12.2. The average Bonchev–Trinajstić information content (AvgIpc) is 2.73. The van der Waals surface area contributed by atoms with E-state index in [1.807, 2.05) is 0 Å². The SMILES string of the molecule is Cc1c(O)n(C(C)c2cnn(C)c2)c(=O)[nH]c1=O. The molecule has 0 aliphatic rings. The predicted molar refractivity (Wildman–Crippen MR) is 64.7 cm³/mol. The zero-order valence-electron chi connectivity index (χ0n) is 10.3. The van der Waals surface area contributed by atoms with Crippen molar-refractivity contribution in [3.8, 4) is 5.88 Å². The molecule has 0 aliphatic carbocycles. The van der Waals surface area contributed by atoms with E-state index in [2.05, 4.69) is 10.1 Å². The topological polar surface area (TPSA) is 92.9 Å². The number of H-pyrrole nitrogens is 1. The monoisotopic (exact) mass is 250 g/mol. The second-order valence-corrected chi connectivity index (χ2v) is 4.20. The van der Waals surface area contributed by atoms with Gasteiger partial charge in [0, 0.05) is 18.8 Å². The molecule has 18 heavy (non-hydrogen) atoms. The van der Waals surface area contributed by atoms with Crippen molar-refractivity contribution in [3.63, 3.8) is 0 Å². The van der Waals surface area contributed by atoms with Crippen molar-refractivity contribution >= 4 is 0 Å². The molecule has 1 unspecified atom stereocenters. The van der Waals surface area contributed by atoms with Crippen molar-refractivity contribution < 1.29 is 5.11 Å². The second-order valence-electron chi connectivity index (χ2n) is 4.20. The number of aryl methyl sites for hydroxylation is 1. The highest BCUT2D eigenvalue weighted by Crippen LogP contribution is 2.20. The van der Waals surface area contributed by atoms with Gasteiger partial charge in [-0.05, 0) is 13.8 Å². The Kier molecular flexibility index (Phi) is 2.82. The van der Waals surface area contributed by atoms with Crippen LogP contribution in [0.3, 0.4) is 0 Å². The minimum absolute atomic E-state index is 0.116. The summed E-state index contributed by atoms with van der Waals surface area (Å²) < 4.78 is 2.74. The van der Waals surface area contributed by atoms with Gasteiger partial charge in [-0.15, -0.1) is 0 Å². The lowest BCUT2D eigenvalue weighted by molar-refractivity contribution is 0.384. The number of aromatic hydroxyl groups is 1. The molecule has 0 saturated carbocycles. The van der Waals surface area contributed by atoms with Crippen LogP contribution in [0.5, 0.6) is 5.88 Å². The zero-order valence-corrected chi connectivity index (χ0v) is 10.3. The number of nitrogens with one attached hydrogen (secondary N) is 1. The number of rotatable bonds is 2. The molecule has 2 rings (SSSR count). The minimum atomic E-state index is -0.639. The summed E-state index contributed by atoms with van der Waals surface area (Å²) in [6, 6.07) is -0.415. The van der Waals surface area contributed by atoms with Crippen molar-refractivity contribution in [2.45, 2.75) is 19.9 Å². The number of nitrogens with zero attached hydrogens (tertiary/aromatic N) is 3. The van der Waals surface area contributed by atoms with E-state index in [0.29, 0.717) is 0 Å². The molecule has 0 aromatic carbocycles. The lowest BCUT2D eigenvalue weighted by Gasteiger charge is -2.15. The molecular weight excluding hydrogens is 236 g/mol. The third-order valence-corrected chi connectivity index (χ3v) is 2.94. The van der Waals surface area contributed by atoms with Crippen molar-refractivity contribution in [2.75, 3.05) is 0 Å². The Morgan fingerprint density at radius 1 is 1.44 bits per heavy atom. The van der Waals surface area contributed by atoms with Gasteiger partial charge < -0.3 is 5.11 Å². The third kappa shape index (κ3) is 1.83. The molecule has 96 valence electrons. The molecule has 2 aromatic heterocycles. The van der Waals surface area contributed by atoms with Crippen LogP contribution in [-0.2, 0) is 7.05 Å². The van der Waals surface area contributed by atoms with Crippen molar-refractivity contribution in [3.05, 3.63) is 44.4 Å². The third-order valence-electron chi connectivity index (χ3n) is 2.94. The molecule has 1 atom stereocenters. The first-order valence-corrected chi connectivity index (χ1v) is 5.44. The highest BCUT2D eigenvalue weighted by atomic mass is 16.3. The minimum Gasteiger partial charge on any atom is -0.494 e. The summed E-state index contributed by atoms with van der Waals surface area (Å²) in [6.07, 6.45) is 3.36. The molecule has 0 bridgehead atoms. The Morgan fingerprint density at radius 3 is 2.67 bits per heavy atom. The fourth-order valence-corrected chi connectivity index (χ4v) is 1.79. The molecule has 0 radical (unpaired) electrons. The molecule has 0 saturated heterocycles. The van der Waals surface area contributed by atoms with Gasteiger partial charge in [-0.1, -0.05) is 0 Å². The van der Waals surface area contributed by atoms with Gasteiger partial charge in [-0.2, -0.15) is 5.10 Å². The van der Waals surface area contributed by atoms with Crippen molar-refractivity contribution in [1.29, 1.82) is 0 Å². The highest BCUT2D eigenvalue weighted by Gasteiger charge is 2.18. The average molecular weight is 250 g/mol. The Morgan fingerprint density at radius 2 is 2.11 bits per heavy atom. The van der Waals surface area contributed by atoms with Crippen LogP contribution in [0.25, 0.3) is 0 Å². The highest BCUT2D eigenvalue weighted by molar-refractivity contribution is 5.24. The first-order valence-electron chi connectivity index (χ1n) is 5.44. The number of aromatic amines is 1. The van der Waals surface area contributed by atoms with E-state index in [4.69, 9.17) is 0 Å². The molecule has 7 nitrogen and oxygen atoms in total. The predicted octanol–water partition coefficient (Wildman–Crippen LogP) is -0.107. The Labute approximate surface area is 102 Å². The Bertz CT molecular complexity index is 695. The van der Waals surface area contributed by atoms with E-state index in [-0.39, 0.29) is 11.4 Å². The van der Waals surface area contributed by atoms with Gasteiger partial charge in [0.1, 0.15) is 0 Å². The fraction of sp³-hybridized carbons (Fsp3) is 0.364. The summed E-state index contributed by atoms with van der Waals surface area (Å²) in [7, 11) is 1.76. The molecule has 2 aromatic rings. The van der Waals surface area contributed by atoms with Crippen LogP contribution >= 0.6 is 0 Å². The van der Waals surface area contributed by atoms with Gasteiger partial charge in [0.25, 0.3) is 5.56 Å². The maximum atomic E-state index is 11.8. The van der Waals surface area contributed by atoms with Gasteiger partial charge in [-0.3, -0.25) is 19.0 Å². The van der Waals surface area contributed by atoms with Gasteiger partial charge in [0.15, 0.2) is 0 Å². The molecule has 0 fully saturated rings. The molecule has 0 aliphatic heterocycles. The number of aromatic nitrogens is 4. The largest absolute Gasteiger partial charge is 0.494 e. The van der Waals surface area contributed by atoms with Crippen LogP contribution in [-0.4, -0.2) is 24.4 Å². The summed E-state index contributed by atoms with van der Waals surface area (Å²) in [5.41, 5.74) is -0.335. The van der Waals surface area contributed by atoms with E-state index in [9.17, 15) is 14.7 Å². The van der Waals surface area contributed by atoms with E-state index in [1.165, 1.54) is 6.92 Å². The van der Waals surface area contributed by atoms with Gasteiger partial charge >= 0.3 is 5.69 Å². The fourth-order valence-electron chi connectivity index (χ4n) is 1.79. The standard InChI is InChI=1S/C11H14N4O3/c1-6-9(16)13-11(18)15(10(6)17)7(2)8-4-12-14(3)5-8/h4-5,7,17H,1-3H3,(H,13,16,18). The van der Waals surface area contributed by atoms with Gasteiger partial charge in [-0.25, -0.2) is 4.79 Å². The van der Waals surface area contributed by atoms with Crippen LogP contribution in [0, 0.1) is 6.92 Å². The summed E-state index contributed by atoms with van der Waals surface area (Å²) in [5, 5.41) is 13.9. The summed E-state index contributed by atoms with van der Waals surface area (Å²) in [4.78, 5) is 25.3. The smallest absolute Gasteiger partial charge is 0.331 e. The van der Waals surface area contributed by atoms with Crippen LogP contribution in [0.15, 0.2) is 22.0 Å². The quantitative estimate of drug-likeness (QED) is 0.778. The van der Waals surface area contributed by atoms with Gasteiger partial charge in [0.05, 0.1) is 17.8 Å². The van der Waals surface area contributed by atoms with E-state index in [1.54, 1.807) is 31.0 Å². The maximum Gasteiger partial charge on any atom is 0.331 e. The van der Waals surface area contributed by atoms with Crippen LogP contribution < -0.4 is 11.2 Å². The van der Waals surface area contributed by atoms with Crippen LogP contribution in [0.1, 0.15) is 24.1 Å². The van der Waals surface area contributed by atoms with Crippen LogP contribution in [0.4, 0.5) is 0 Å². The lowest BCUT2D eigenvalue weighted by atomic mass is 10.2. The lowest BCUT2D eigenvalue weighted by Crippen LogP contribution is -2.33. The second kappa shape index (κ2) is 4.17. The molecular formula is C11H14N4O3. The summed E-state index contributed by atoms with van der Waals surface area (Å²) in [5.74, 6) is -0.319. The molecule has 0 spiro atoms. The van der Waals surface area contributed by atoms with E-state index >= 15 is 0 Å². The van der Waals surface area contributed by atoms with E-state index < -0.39 is 17.3 Å². The zero-order chi connectivity index (χ0) is 13.4. The van der Waals surface area contributed by atoms with Crippen molar-refractivity contribution in [2.24, 2.45) is 7.05 Å². The van der Waals surface area contributed by atoms with Gasteiger partial charge in [0.2, 0.25) is 5.88 Å².